The Kier molecular flexibility index (Phi) is 6.24. The summed E-state index contributed by atoms with van der Waals surface area (Å²) >= 11 is 0. The van der Waals surface area contributed by atoms with Gasteiger partial charge in [-0.05, 0) is 83.4 Å². The summed E-state index contributed by atoms with van der Waals surface area (Å²) in [6.45, 7) is 0. The first kappa shape index (κ1) is 29.9. The largest absolute Gasteiger partial charge is 0.456 e. The zero-order valence-corrected chi connectivity index (χ0v) is 29.3. The molecule has 0 spiro atoms. The summed E-state index contributed by atoms with van der Waals surface area (Å²) in [4.78, 5) is 14.3. The van der Waals surface area contributed by atoms with E-state index in [1.165, 1.54) is 21.9 Å². The highest BCUT2D eigenvalue weighted by molar-refractivity contribution is 6.17. The molecule has 0 aliphatic rings. The van der Waals surface area contributed by atoms with E-state index in [1.54, 1.807) is 12.4 Å². The number of hydrogen-bond acceptors (Lipinski definition) is 5. The summed E-state index contributed by atoms with van der Waals surface area (Å²) in [5, 5.41) is 6.57. The Labute approximate surface area is 313 Å². The molecule has 0 amide bonds. The van der Waals surface area contributed by atoms with Crippen molar-refractivity contribution in [3.05, 3.63) is 170 Å². The molecule has 0 unspecified atom stereocenters. The highest BCUT2D eigenvalue weighted by Gasteiger charge is 2.23. The summed E-state index contributed by atoms with van der Waals surface area (Å²) in [6.07, 6.45) is 3.55. The van der Waals surface area contributed by atoms with E-state index >= 15 is 0 Å². The van der Waals surface area contributed by atoms with Gasteiger partial charge in [-0.25, -0.2) is 9.97 Å². The zero-order valence-electron chi connectivity index (χ0n) is 29.3. The SMILES string of the molecule is c1ccc(-c2ccc3c(c2)c2ccccc2n3-c2cccc3c2oc2c(-c4ccc5c(c4)oc4ccccc45)c(-c4ncc5ncccc5n4)ccc23)cc1. The summed E-state index contributed by atoms with van der Waals surface area (Å²) < 4.78 is 15.9. The smallest absolute Gasteiger partial charge is 0.160 e. The molecule has 0 saturated carbocycles. The standard InChI is InChI=1S/C49H28N4O2/c1-2-10-29(11-3-1)30-20-24-42-38(26-30)32-12-4-6-16-41(32)53(42)43-17-8-14-35-36-22-23-37(49-51-28-40-39(52-49)15-9-25-50-40)46(48(36)55-47(35)43)31-19-21-34-33-13-5-7-18-44(33)54-45(34)27-31/h1-28H. The van der Waals surface area contributed by atoms with Crippen LogP contribution >= 0.6 is 0 Å². The monoisotopic (exact) mass is 704 g/mol. The molecular formula is C49H28N4O2. The van der Waals surface area contributed by atoms with E-state index in [0.29, 0.717) is 5.82 Å². The number of para-hydroxylation sites is 3. The minimum atomic E-state index is 0.597. The van der Waals surface area contributed by atoms with E-state index in [2.05, 4.69) is 137 Å². The van der Waals surface area contributed by atoms with Crippen LogP contribution in [0.1, 0.15) is 0 Å². The normalized spacial score (nSPS) is 12.0. The molecule has 0 saturated heterocycles. The lowest BCUT2D eigenvalue weighted by molar-refractivity contribution is 0.667. The Morgan fingerprint density at radius 2 is 1.20 bits per heavy atom. The fourth-order valence-corrected chi connectivity index (χ4v) is 8.42. The third kappa shape index (κ3) is 4.46. The van der Waals surface area contributed by atoms with Crippen molar-refractivity contribution < 1.29 is 8.83 Å². The fraction of sp³-hybridized carbons (Fsp3) is 0. The van der Waals surface area contributed by atoms with Crippen LogP contribution in [0, 0.1) is 0 Å². The quantitative estimate of drug-likeness (QED) is 0.182. The molecule has 0 aliphatic carbocycles. The summed E-state index contributed by atoms with van der Waals surface area (Å²) in [5.41, 5.74) is 13.0. The number of pyridine rings is 1. The third-order valence-electron chi connectivity index (χ3n) is 10.9. The average molecular weight is 705 g/mol. The minimum Gasteiger partial charge on any atom is -0.456 e. The Hall–Kier alpha value is -7.57. The van der Waals surface area contributed by atoms with Crippen LogP contribution in [0.3, 0.4) is 0 Å². The van der Waals surface area contributed by atoms with Gasteiger partial charge in [-0.15, -0.1) is 0 Å². The van der Waals surface area contributed by atoms with Crippen molar-refractivity contribution in [2.45, 2.75) is 0 Å². The second-order valence-electron chi connectivity index (χ2n) is 14.0. The molecule has 7 aromatic carbocycles. The van der Waals surface area contributed by atoms with Gasteiger partial charge in [0.2, 0.25) is 0 Å². The van der Waals surface area contributed by atoms with Crippen LogP contribution in [0.4, 0.5) is 0 Å². The minimum absolute atomic E-state index is 0.597. The van der Waals surface area contributed by atoms with Crippen molar-refractivity contribution in [1.29, 1.82) is 0 Å². The van der Waals surface area contributed by atoms with Crippen LogP contribution in [0.15, 0.2) is 179 Å². The van der Waals surface area contributed by atoms with Crippen LogP contribution in [0.5, 0.6) is 0 Å². The molecular weight excluding hydrogens is 677 g/mol. The van der Waals surface area contributed by atoms with Gasteiger partial charge in [-0.1, -0.05) is 91.0 Å². The molecule has 5 heterocycles. The molecule has 12 aromatic rings. The lowest BCUT2D eigenvalue weighted by Gasteiger charge is -2.11. The molecule has 0 fully saturated rings. The Balaban J connectivity index is 1.14. The van der Waals surface area contributed by atoms with Gasteiger partial charge in [0, 0.05) is 49.6 Å². The Morgan fingerprint density at radius 3 is 2.15 bits per heavy atom. The highest BCUT2D eigenvalue weighted by atomic mass is 16.3. The first-order valence-corrected chi connectivity index (χ1v) is 18.3. The van der Waals surface area contributed by atoms with Crippen molar-refractivity contribution in [1.82, 2.24) is 19.5 Å². The number of hydrogen-bond donors (Lipinski definition) is 0. The van der Waals surface area contributed by atoms with Crippen LogP contribution < -0.4 is 0 Å². The maximum Gasteiger partial charge on any atom is 0.160 e. The van der Waals surface area contributed by atoms with Crippen LogP contribution in [-0.4, -0.2) is 19.5 Å². The van der Waals surface area contributed by atoms with Gasteiger partial charge < -0.3 is 13.4 Å². The van der Waals surface area contributed by atoms with Gasteiger partial charge in [-0.3, -0.25) is 4.98 Å². The molecule has 6 nitrogen and oxygen atoms in total. The van der Waals surface area contributed by atoms with Crippen molar-refractivity contribution >= 4 is 76.7 Å². The Bertz CT molecular complexity index is 3500. The van der Waals surface area contributed by atoms with E-state index in [0.717, 1.165) is 88.3 Å². The maximum absolute atomic E-state index is 7.19. The van der Waals surface area contributed by atoms with Crippen molar-refractivity contribution in [2.75, 3.05) is 0 Å². The summed E-state index contributed by atoms with van der Waals surface area (Å²) in [6, 6.07) is 55.0. The number of nitrogens with zero attached hydrogens (tertiary/aromatic N) is 4. The number of aromatic nitrogens is 4. The highest BCUT2D eigenvalue weighted by Crippen LogP contribution is 2.45. The van der Waals surface area contributed by atoms with E-state index in [4.69, 9.17) is 18.8 Å². The van der Waals surface area contributed by atoms with Gasteiger partial charge in [-0.2, -0.15) is 0 Å². The van der Waals surface area contributed by atoms with Crippen molar-refractivity contribution in [2.24, 2.45) is 0 Å². The van der Waals surface area contributed by atoms with Gasteiger partial charge >= 0.3 is 0 Å². The van der Waals surface area contributed by atoms with Crippen molar-refractivity contribution in [3.8, 4) is 39.3 Å². The lowest BCUT2D eigenvalue weighted by Crippen LogP contribution is -1.94. The molecule has 0 bridgehead atoms. The maximum atomic E-state index is 7.19. The molecule has 55 heavy (non-hydrogen) atoms. The van der Waals surface area contributed by atoms with Gasteiger partial charge in [0.1, 0.15) is 22.3 Å². The van der Waals surface area contributed by atoms with E-state index in [1.807, 2.05) is 30.3 Å². The van der Waals surface area contributed by atoms with Crippen LogP contribution in [0.25, 0.3) is 116 Å². The Morgan fingerprint density at radius 1 is 0.436 bits per heavy atom. The first-order valence-electron chi connectivity index (χ1n) is 18.3. The van der Waals surface area contributed by atoms with Gasteiger partial charge in [0.15, 0.2) is 11.4 Å². The molecule has 5 aromatic heterocycles. The lowest BCUT2D eigenvalue weighted by atomic mass is 9.95. The van der Waals surface area contributed by atoms with Gasteiger partial charge in [0.05, 0.1) is 28.4 Å². The molecule has 12 rings (SSSR count). The number of fused-ring (bicyclic) bond motifs is 10. The predicted octanol–water partition coefficient (Wildman–Crippen LogP) is 12.9. The van der Waals surface area contributed by atoms with E-state index < -0.39 is 0 Å². The summed E-state index contributed by atoms with van der Waals surface area (Å²) in [7, 11) is 0. The molecule has 256 valence electrons. The fourth-order valence-electron chi connectivity index (χ4n) is 8.42. The zero-order chi connectivity index (χ0) is 36.0. The number of benzene rings is 7. The van der Waals surface area contributed by atoms with Crippen molar-refractivity contribution in [3.63, 3.8) is 0 Å². The summed E-state index contributed by atoms with van der Waals surface area (Å²) in [5.74, 6) is 0.597. The van der Waals surface area contributed by atoms with Crippen LogP contribution in [0.2, 0.25) is 0 Å². The third-order valence-corrected chi connectivity index (χ3v) is 10.9. The molecule has 0 atom stereocenters. The molecule has 0 aliphatic heterocycles. The molecule has 0 N–H and O–H groups in total. The first-order chi connectivity index (χ1) is 27.3. The number of furan rings is 2. The second-order valence-corrected chi connectivity index (χ2v) is 14.0. The number of rotatable bonds is 4. The van der Waals surface area contributed by atoms with Crippen LogP contribution in [-0.2, 0) is 0 Å². The predicted molar refractivity (Wildman–Crippen MR) is 223 cm³/mol. The van der Waals surface area contributed by atoms with E-state index in [-0.39, 0.29) is 0 Å². The topological polar surface area (TPSA) is 69.9 Å². The molecule has 0 radical (unpaired) electrons. The molecule has 6 heteroatoms. The van der Waals surface area contributed by atoms with E-state index in [9.17, 15) is 0 Å². The average Bonchev–Trinajstić information content (AvgIpc) is 3.92. The second kappa shape index (κ2) is 11.5. The van der Waals surface area contributed by atoms with Gasteiger partial charge in [0.25, 0.3) is 0 Å².